The van der Waals surface area contributed by atoms with Gasteiger partial charge in [-0.25, -0.2) is 0 Å². The Labute approximate surface area is 123 Å². The summed E-state index contributed by atoms with van der Waals surface area (Å²) in [5.41, 5.74) is 0.847. The van der Waals surface area contributed by atoms with E-state index in [0.29, 0.717) is 19.8 Å². The molecule has 2 atom stereocenters. The highest BCUT2D eigenvalue weighted by molar-refractivity contribution is 5.83. The zero-order valence-electron chi connectivity index (χ0n) is 12.3. The van der Waals surface area contributed by atoms with Gasteiger partial charge in [0, 0.05) is 19.0 Å². The van der Waals surface area contributed by atoms with Crippen molar-refractivity contribution in [2.24, 2.45) is 0 Å². The molecule has 2 aromatic rings. The van der Waals surface area contributed by atoms with E-state index in [1.165, 1.54) is 0 Å². The molecule has 0 bridgehead atoms. The number of hydrogen-bond acceptors (Lipinski definition) is 4. The monoisotopic (exact) mass is 288 g/mol. The standard InChI is InChI=1S/C16H20N2O3/c1-11(15-9-12-5-3-4-6-14(12)21-15)18(2)16(19)13-10-20-8-7-17-13/h3-6,9,11,13,17H,7-8,10H2,1-2H3. The fraction of sp³-hybridized carbons (Fsp3) is 0.438. The lowest BCUT2D eigenvalue weighted by molar-refractivity contribution is -0.137. The number of ether oxygens (including phenoxy) is 1. The van der Waals surface area contributed by atoms with Gasteiger partial charge in [0.25, 0.3) is 0 Å². The number of para-hydroxylation sites is 1. The molecule has 3 rings (SSSR count). The Morgan fingerprint density at radius 1 is 1.43 bits per heavy atom. The van der Waals surface area contributed by atoms with Crippen LogP contribution in [0, 0.1) is 0 Å². The lowest BCUT2D eigenvalue weighted by atomic mass is 10.1. The minimum atomic E-state index is -0.268. The van der Waals surface area contributed by atoms with Crippen molar-refractivity contribution in [2.45, 2.75) is 19.0 Å². The number of fused-ring (bicyclic) bond motifs is 1. The molecule has 21 heavy (non-hydrogen) atoms. The molecule has 0 saturated carbocycles. The number of carbonyl (C=O) groups is 1. The fourth-order valence-corrected chi connectivity index (χ4v) is 2.56. The molecule has 1 N–H and O–H groups in total. The zero-order valence-corrected chi connectivity index (χ0v) is 12.3. The van der Waals surface area contributed by atoms with E-state index in [1.54, 1.807) is 11.9 Å². The molecule has 1 aliphatic heterocycles. The van der Waals surface area contributed by atoms with Crippen molar-refractivity contribution in [2.75, 3.05) is 26.8 Å². The smallest absolute Gasteiger partial charge is 0.242 e. The van der Waals surface area contributed by atoms with Gasteiger partial charge >= 0.3 is 0 Å². The van der Waals surface area contributed by atoms with Gasteiger partial charge in [-0.05, 0) is 19.1 Å². The van der Waals surface area contributed by atoms with Crippen molar-refractivity contribution in [1.29, 1.82) is 0 Å². The van der Waals surface area contributed by atoms with Crippen molar-refractivity contribution in [3.8, 4) is 0 Å². The Kier molecular flexibility index (Phi) is 3.94. The average molecular weight is 288 g/mol. The number of amides is 1. The van der Waals surface area contributed by atoms with Crippen molar-refractivity contribution < 1.29 is 13.9 Å². The predicted octanol–water partition coefficient (Wildman–Crippen LogP) is 1.94. The molecule has 1 saturated heterocycles. The Balaban J connectivity index is 1.76. The molecular formula is C16H20N2O3. The van der Waals surface area contributed by atoms with E-state index >= 15 is 0 Å². The van der Waals surface area contributed by atoms with E-state index in [0.717, 1.165) is 16.7 Å². The number of carbonyl (C=O) groups excluding carboxylic acids is 1. The number of morpholine rings is 1. The topological polar surface area (TPSA) is 54.7 Å². The van der Waals surface area contributed by atoms with Crippen molar-refractivity contribution in [3.05, 3.63) is 36.1 Å². The summed E-state index contributed by atoms with van der Waals surface area (Å²) in [7, 11) is 1.80. The third kappa shape index (κ3) is 2.80. The van der Waals surface area contributed by atoms with E-state index in [1.807, 2.05) is 37.3 Å². The van der Waals surface area contributed by atoms with E-state index in [4.69, 9.17) is 9.15 Å². The summed E-state index contributed by atoms with van der Waals surface area (Å²) < 4.78 is 11.2. The first kappa shape index (κ1) is 14.1. The SMILES string of the molecule is CC(c1cc2ccccc2o1)N(C)C(=O)C1COCCN1. The van der Waals surface area contributed by atoms with Crippen molar-refractivity contribution >= 4 is 16.9 Å². The summed E-state index contributed by atoms with van der Waals surface area (Å²) in [6.07, 6.45) is 0. The van der Waals surface area contributed by atoms with Crippen LogP contribution in [0.4, 0.5) is 0 Å². The van der Waals surface area contributed by atoms with E-state index < -0.39 is 0 Å². The Morgan fingerprint density at radius 2 is 2.24 bits per heavy atom. The van der Waals surface area contributed by atoms with Crippen LogP contribution in [0.3, 0.4) is 0 Å². The van der Waals surface area contributed by atoms with Crippen LogP contribution in [0.25, 0.3) is 11.0 Å². The molecule has 0 aliphatic carbocycles. The minimum Gasteiger partial charge on any atom is -0.459 e. The van der Waals surface area contributed by atoms with Crippen LogP contribution >= 0.6 is 0 Å². The third-order valence-electron chi connectivity index (χ3n) is 4.00. The van der Waals surface area contributed by atoms with Crippen molar-refractivity contribution in [3.63, 3.8) is 0 Å². The van der Waals surface area contributed by atoms with Crippen LogP contribution < -0.4 is 5.32 Å². The number of nitrogens with one attached hydrogen (secondary N) is 1. The molecular weight excluding hydrogens is 268 g/mol. The first-order chi connectivity index (χ1) is 10.2. The number of benzene rings is 1. The first-order valence-corrected chi connectivity index (χ1v) is 7.23. The Bertz CT molecular complexity index is 598. The quantitative estimate of drug-likeness (QED) is 0.938. The van der Waals surface area contributed by atoms with Crippen LogP contribution in [-0.4, -0.2) is 43.7 Å². The van der Waals surface area contributed by atoms with Crippen LogP contribution in [0.2, 0.25) is 0 Å². The lowest BCUT2D eigenvalue weighted by Gasteiger charge is -2.30. The largest absolute Gasteiger partial charge is 0.459 e. The summed E-state index contributed by atoms with van der Waals surface area (Å²) in [5, 5.41) is 4.24. The average Bonchev–Trinajstić information content (AvgIpc) is 2.97. The van der Waals surface area contributed by atoms with Gasteiger partial charge in [0.15, 0.2) is 0 Å². The maximum atomic E-state index is 12.5. The lowest BCUT2D eigenvalue weighted by Crippen LogP contribution is -2.52. The van der Waals surface area contributed by atoms with Crippen LogP contribution in [0.5, 0.6) is 0 Å². The fourth-order valence-electron chi connectivity index (χ4n) is 2.56. The summed E-state index contributed by atoms with van der Waals surface area (Å²) >= 11 is 0. The molecule has 0 spiro atoms. The van der Waals surface area contributed by atoms with Gasteiger partial charge in [-0.15, -0.1) is 0 Å². The second-order valence-corrected chi connectivity index (χ2v) is 5.39. The zero-order chi connectivity index (χ0) is 14.8. The van der Waals surface area contributed by atoms with Gasteiger partial charge in [0.1, 0.15) is 17.4 Å². The molecule has 1 amide bonds. The van der Waals surface area contributed by atoms with Gasteiger partial charge in [-0.2, -0.15) is 0 Å². The van der Waals surface area contributed by atoms with Crippen LogP contribution in [-0.2, 0) is 9.53 Å². The molecule has 2 heterocycles. The number of furan rings is 1. The molecule has 1 aliphatic rings. The molecule has 5 heteroatoms. The normalized spacial score (nSPS) is 20.4. The van der Waals surface area contributed by atoms with Gasteiger partial charge in [-0.1, -0.05) is 18.2 Å². The summed E-state index contributed by atoms with van der Waals surface area (Å²) in [6.45, 7) is 3.77. The molecule has 1 fully saturated rings. The second-order valence-electron chi connectivity index (χ2n) is 5.39. The number of likely N-dealkylation sites (N-methyl/N-ethyl adjacent to an activating group) is 1. The van der Waals surface area contributed by atoms with E-state index in [-0.39, 0.29) is 18.0 Å². The van der Waals surface area contributed by atoms with E-state index in [2.05, 4.69) is 5.32 Å². The molecule has 1 aromatic heterocycles. The van der Waals surface area contributed by atoms with Crippen LogP contribution in [0.15, 0.2) is 34.7 Å². The predicted molar refractivity (Wildman–Crippen MR) is 80.0 cm³/mol. The number of nitrogens with zero attached hydrogens (tertiary/aromatic N) is 1. The number of rotatable bonds is 3. The highest BCUT2D eigenvalue weighted by Gasteiger charge is 2.28. The molecule has 112 valence electrons. The first-order valence-electron chi connectivity index (χ1n) is 7.23. The Hall–Kier alpha value is -1.85. The maximum absolute atomic E-state index is 12.5. The minimum absolute atomic E-state index is 0.0302. The second kappa shape index (κ2) is 5.87. The van der Waals surface area contributed by atoms with Gasteiger partial charge in [-0.3, -0.25) is 4.79 Å². The maximum Gasteiger partial charge on any atom is 0.242 e. The molecule has 2 unspecified atom stereocenters. The molecule has 5 nitrogen and oxygen atoms in total. The summed E-state index contributed by atoms with van der Waals surface area (Å²) in [6, 6.07) is 9.47. The Morgan fingerprint density at radius 3 is 2.95 bits per heavy atom. The van der Waals surface area contributed by atoms with Gasteiger partial charge < -0.3 is 19.4 Å². The van der Waals surface area contributed by atoms with E-state index in [9.17, 15) is 4.79 Å². The number of hydrogen-bond donors (Lipinski definition) is 1. The van der Waals surface area contributed by atoms with Gasteiger partial charge in [0.05, 0.1) is 19.3 Å². The molecule has 1 aromatic carbocycles. The van der Waals surface area contributed by atoms with Crippen LogP contribution in [0.1, 0.15) is 18.7 Å². The highest BCUT2D eigenvalue weighted by Crippen LogP contribution is 2.27. The van der Waals surface area contributed by atoms with Gasteiger partial charge in [0.2, 0.25) is 5.91 Å². The summed E-state index contributed by atoms with van der Waals surface area (Å²) in [5.74, 6) is 0.825. The van der Waals surface area contributed by atoms with Crippen molar-refractivity contribution in [1.82, 2.24) is 10.2 Å². The molecule has 0 radical (unpaired) electrons. The highest BCUT2D eigenvalue weighted by atomic mass is 16.5. The third-order valence-corrected chi connectivity index (χ3v) is 4.00. The summed E-state index contributed by atoms with van der Waals surface area (Å²) in [4.78, 5) is 14.2.